The normalized spacial score (nSPS) is 12.4. The third-order valence-corrected chi connectivity index (χ3v) is 4.78. The smallest absolute Gasteiger partial charge is 0.191 e. The molecule has 2 aromatic rings. The van der Waals surface area contributed by atoms with Crippen molar-refractivity contribution in [3.8, 4) is 5.75 Å². The molecule has 3 N–H and O–H groups in total. The van der Waals surface area contributed by atoms with Crippen molar-refractivity contribution in [2.45, 2.75) is 46.4 Å². The molecule has 7 heteroatoms. The molecule has 0 fully saturated rings. The maximum Gasteiger partial charge on any atom is 0.191 e. The fraction of sp³-hybridized carbons (Fsp3) is 0.450. The van der Waals surface area contributed by atoms with Crippen LogP contribution in [0.1, 0.15) is 42.9 Å². The van der Waals surface area contributed by atoms with Crippen LogP contribution in [-0.4, -0.2) is 30.3 Å². The van der Waals surface area contributed by atoms with E-state index in [1.165, 1.54) is 10.4 Å². The van der Waals surface area contributed by atoms with Gasteiger partial charge in [-0.25, -0.2) is 4.99 Å². The number of hydrogen-bond acceptors (Lipinski definition) is 4. The number of aliphatic imine (C=N–C) groups is 1. The standard InChI is InChI=1S/C20H29N3O2S.HI/c1-5-21-20(23-13-19-15(4)9-10-26-19)22-12-18(24)16-7-6-8-17(11-16)25-14(2)3;/h6-11,14,18,24H,5,12-13H2,1-4H3,(H2,21,22,23);1H. The fourth-order valence-corrected chi connectivity index (χ4v) is 3.27. The first-order valence-electron chi connectivity index (χ1n) is 8.99. The molecule has 0 saturated heterocycles. The van der Waals surface area contributed by atoms with Gasteiger partial charge in [-0.05, 0) is 62.4 Å². The molecule has 0 bridgehead atoms. The lowest BCUT2D eigenvalue weighted by Gasteiger charge is -2.17. The van der Waals surface area contributed by atoms with Crippen LogP contribution in [0.15, 0.2) is 40.7 Å². The van der Waals surface area contributed by atoms with E-state index in [4.69, 9.17) is 4.74 Å². The van der Waals surface area contributed by atoms with Gasteiger partial charge < -0.3 is 20.5 Å². The van der Waals surface area contributed by atoms with Crippen LogP contribution in [0.5, 0.6) is 5.75 Å². The van der Waals surface area contributed by atoms with E-state index in [1.807, 2.05) is 45.0 Å². The Labute approximate surface area is 183 Å². The second-order valence-electron chi connectivity index (χ2n) is 6.36. The Morgan fingerprint density at radius 1 is 1.26 bits per heavy atom. The fourth-order valence-electron chi connectivity index (χ4n) is 2.44. The van der Waals surface area contributed by atoms with E-state index >= 15 is 0 Å². The quantitative estimate of drug-likeness (QED) is 0.286. The van der Waals surface area contributed by atoms with Crippen LogP contribution in [0.3, 0.4) is 0 Å². The number of nitrogens with zero attached hydrogens (tertiary/aromatic N) is 1. The van der Waals surface area contributed by atoms with Gasteiger partial charge in [-0.15, -0.1) is 35.3 Å². The summed E-state index contributed by atoms with van der Waals surface area (Å²) in [5.74, 6) is 1.47. The Balaban J connectivity index is 0.00000364. The first kappa shape index (κ1) is 23.7. The molecule has 1 heterocycles. The molecule has 5 nitrogen and oxygen atoms in total. The first-order valence-corrected chi connectivity index (χ1v) is 9.87. The predicted molar refractivity (Wildman–Crippen MR) is 124 cm³/mol. The Morgan fingerprint density at radius 3 is 2.67 bits per heavy atom. The molecule has 0 radical (unpaired) electrons. The van der Waals surface area contributed by atoms with E-state index in [9.17, 15) is 5.11 Å². The number of thiophene rings is 1. The number of guanidine groups is 1. The van der Waals surface area contributed by atoms with Gasteiger partial charge in [0.25, 0.3) is 0 Å². The van der Waals surface area contributed by atoms with Crippen molar-refractivity contribution in [3.05, 3.63) is 51.7 Å². The van der Waals surface area contributed by atoms with Gasteiger partial charge in [0.2, 0.25) is 0 Å². The number of ether oxygens (including phenoxy) is 1. The lowest BCUT2D eigenvalue weighted by molar-refractivity contribution is 0.179. The molecule has 1 atom stereocenters. The van der Waals surface area contributed by atoms with Crippen molar-refractivity contribution in [2.75, 3.05) is 13.1 Å². The number of rotatable bonds is 8. The molecule has 1 aromatic heterocycles. The van der Waals surface area contributed by atoms with Crippen molar-refractivity contribution < 1.29 is 9.84 Å². The summed E-state index contributed by atoms with van der Waals surface area (Å²) in [6.07, 6.45) is -0.535. The summed E-state index contributed by atoms with van der Waals surface area (Å²) in [6, 6.07) is 9.68. The highest BCUT2D eigenvalue weighted by atomic mass is 127. The minimum atomic E-state index is -0.641. The SMILES string of the molecule is CCNC(=NCc1sccc1C)NCC(O)c1cccc(OC(C)C)c1.I. The van der Waals surface area contributed by atoms with E-state index in [0.29, 0.717) is 19.0 Å². The number of benzene rings is 1. The molecular formula is C20H30IN3O2S. The van der Waals surface area contributed by atoms with Crippen LogP contribution in [0, 0.1) is 6.92 Å². The molecule has 0 saturated carbocycles. The summed E-state index contributed by atoms with van der Waals surface area (Å²) in [6.45, 7) is 9.86. The minimum absolute atomic E-state index is 0. The maximum atomic E-state index is 10.5. The van der Waals surface area contributed by atoms with E-state index in [1.54, 1.807) is 11.3 Å². The van der Waals surface area contributed by atoms with Crippen molar-refractivity contribution in [3.63, 3.8) is 0 Å². The van der Waals surface area contributed by atoms with Crippen molar-refractivity contribution in [1.82, 2.24) is 10.6 Å². The minimum Gasteiger partial charge on any atom is -0.491 e. The second kappa shape index (κ2) is 12.2. The van der Waals surface area contributed by atoms with E-state index in [0.717, 1.165) is 17.9 Å². The molecule has 0 aliphatic heterocycles. The number of aliphatic hydroxyl groups is 1. The number of hydrogen-bond donors (Lipinski definition) is 3. The molecule has 0 aliphatic rings. The van der Waals surface area contributed by atoms with E-state index < -0.39 is 6.10 Å². The van der Waals surface area contributed by atoms with Crippen LogP contribution in [0.4, 0.5) is 0 Å². The van der Waals surface area contributed by atoms with Gasteiger partial charge in [0.15, 0.2) is 5.96 Å². The Bertz CT molecular complexity index is 719. The molecule has 0 amide bonds. The molecule has 1 aromatic carbocycles. The lowest BCUT2D eigenvalue weighted by atomic mass is 10.1. The third kappa shape index (κ3) is 8.06. The Morgan fingerprint density at radius 2 is 2.04 bits per heavy atom. The third-order valence-electron chi connectivity index (χ3n) is 3.77. The van der Waals surface area contributed by atoms with Crippen LogP contribution < -0.4 is 15.4 Å². The zero-order valence-corrected chi connectivity index (χ0v) is 19.5. The summed E-state index contributed by atoms with van der Waals surface area (Å²) in [4.78, 5) is 5.86. The van der Waals surface area contributed by atoms with Gasteiger partial charge in [0.1, 0.15) is 5.75 Å². The monoisotopic (exact) mass is 503 g/mol. The van der Waals surface area contributed by atoms with Gasteiger partial charge in [-0.1, -0.05) is 12.1 Å². The highest BCUT2D eigenvalue weighted by Crippen LogP contribution is 2.20. The first-order chi connectivity index (χ1) is 12.5. The van der Waals surface area contributed by atoms with Gasteiger partial charge in [-0.3, -0.25) is 0 Å². The van der Waals surface area contributed by atoms with Crippen LogP contribution >= 0.6 is 35.3 Å². The summed E-state index contributed by atoms with van der Waals surface area (Å²) >= 11 is 1.71. The van der Waals surface area contributed by atoms with Gasteiger partial charge in [0.05, 0.1) is 18.8 Å². The van der Waals surface area contributed by atoms with Gasteiger partial charge in [-0.2, -0.15) is 0 Å². The van der Waals surface area contributed by atoms with Crippen LogP contribution in [0.25, 0.3) is 0 Å². The Hall–Kier alpha value is -1.32. The average molecular weight is 503 g/mol. The largest absolute Gasteiger partial charge is 0.491 e. The molecule has 0 spiro atoms. The summed E-state index contributed by atoms with van der Waals surface area (Å²) in [5, 5.41) is 19.0. The van der Waals surface area contributed by atoms with Gasteiger partial charge in [0, 0.05) is 18.0 Å². The maximum absolute atomic E-state index is 10.5. The lowest BCUT2D eigenvalue weighted by Crippen LogP contribution is -2.39. The zero-order valence-electron chi connectivity index (χ0n) is 16.4. The molecule has 27 heavy (non-hydrogen) atoms. The summed E-state index contributed by atoms with van der Waals surface area (Å²) in [5.41, 5.74) is 2.08. The zero-order chi connectivity index (χ0) is 18.9. The van der Waals surface area contributed by atoms with Crippen molar-refractivity contribution in [1.29, 1.82) is 0 Å². The molecule has 0 aliphatic carbocycles. The number of aryl methyl sites for hydroxylation is 1. The van der Waals surface area contributed by atoms with E-state index in [-0.39, 0.29) is 30.1 Å². The second-order valence-corrected chi connectivity index (χ2v) is 7.36. The predicted octanol–water partition coefficient (Wildman–Crippen LogP) is 4.25. The summed E-state index contributed by atoms with van der Waals surface area (Å²) < 4.78 is 5.69. The average Bonchev–Trinajstić information content (AvgIpc) is 3.01. The topological polar surface area (TPSA) is 65.9 Å². The van der Waals surface area contributed by atoms with Crippen molar-refractivity contribution in [2.24, 2.45) is 4.99 Å². The van der Waals surface area contributed by atoms with Crippen LogP contribution in [0.2, 0.25) is 0 Å². The number of nitrogens with one attached hydrogen (secondary N) is 2. The number of aliphatic hydroxyl groups excluding tert-OH is 1. The van der Waals surface area contributed by atoms with Crippen molar-refractivity contribution >= 4 is 41.3 Å². The molecule has 1 unspecified atom stereocenters. The Kier molecular flexibility index (Phi) is 10.7. The van der Waals surface area contributed by atoms with Crippen LogP contribution in [-0.2, 0) is 6.54 Å². The molecule has 2 rings (SSSR count). The number of halogens is 1. The summed E-state index contributed by atoms with van der Waals surface area (Å²) in [7, 11) is 0. The molecule has 150 valence electrons. The van der Waals surface area contributed by atoms with Gasteiger partial charge >= 0.3 is 0 Å². The highest BCUT2D eigenvalue weighted by molar-refractivity contribution is 14.0. The highest BCUT2D eigenvalue weighted by Gasteiger charge is 2.10. The van der Waals surface area contributed by atoms with E-state index in [2.05, 4.69) is 34.0 Å². The molecular weight excluding hydrogens is 473 g/mol.